The van der Waals surface area contributed by atoms with E-state index in [1.54, 1.807) is 10.4 Å². The van der Waals surface area contributed by atoms with Gasteiger partial charge in [0.2, 0.25) is 10.0 Å². The molecule has 1 N–H and O–H groups in total. The maximum absolute atomic E-state index is 13.2. The van der Waals surface area contributed by atoms with Gasteiger partial charge in [-0.3, -0.25) is 4.79 Å². The van der Waals surface area contributed by atoms with Crippen LogP contribution < -0.4 is 5.32 Å². The molecule has 0 spiro atoms. The van der Waals surface area contributed by atoms with Gasteiger partial charge in [0.1, 0.15) is 5.82 Å². The second-order valence-corrected chi connectivity index (χ2v) is 8.02. The molecule has 2 heterocycles. The average molecular weight is 326 g/mol. The summed E-state index contributed by atoms with van der Waals surface area (Å²) in [5, 5.41) is 2.91. The Morgan fingerprint density at radius 2 is 1.91 bits per heavy atom. The largest absolute Gasteiger partial charge is 0.349 e. The zero-order valence-electron chi connectivity index (χ0n) is 12.3. The van der Waals surface area contributed by atoms with E-state index >= 15 is 0 Å². The fourth-order valence-electron chi connectivity index (χ4n) is 3.69. The van der Waals surface area contributed by atoms with E-state index < -0.39 is 15.8 Å². The summed E-state index contributed by atoms with van der Waals surface area (Å²) in [5.74, 6) is -0.753. The Labute approximate surface area is 129 Å². The van der Waals surface area contributed by atoms with Crippen molar-refractivity contribution in [1.82, 2.24) is 9.62 Å². The summed E-state index contributed by atoms with van der Waals surface area (Å²) < 4.78 is 38.4. The maximum Gasteiger partial charge on any atom is 0.251 e. The van der Waals surface area contributed by atoms with E-state index in [2.05, 4.69) is 5.32 Å². The normalized spacial score (nSPS) is 28.5. The quantitative estimate of drug-likeness (QED) is 0.915. The van der Waals surface area contributed by atoms with Gasteiger partial charge < -0.3 is 5.32 Å². The van der Waals surface area contributed by atoms with Crippen LogP contribution in [0.4, 0.5) is 4.39 Å². The number of hydrogen-bond donors (Lipinski definition) is 1. The third-order valence-electron chi connectivity index (χ3n) is 4.47. The lowest BCUT2D eigenvalue weighted by Gasteiger charge is -2.37. The molecule has 2 unspecified atom stereocenters. The molecule has 1 aromatic rings. The minimum absolute atomic E-state index is 0.0356. The van der Waals surface area contributed by atoms with Gasteiger partial charge in [-0.2, -0.15) is 4.31 Å². The van der Waals surface area contributed by atoms with Crippen molar-refractivity contribution in [2.24, 2.45) is 0 Å². The van der Waals surface area contributed by atoms with Crippen molar-refractivity contribution in [1.29, 1.82) is 0 Å². The summed E-state index contributed by atoms with van der Waals surface area (Å²) in [4.78, 5) is 12.2. The van der Waals surface area contributed by atoms with Crippen molar-refractivity contribution in [3.8, 4) is 0 Å². The van der Waals surface area contributed by atoms with Crippen molar-refractivity contribution in [3.05, 3.63) is 35.6 Å². The minimum Gasteiger partial charge on any atom is -0.349 e. The number of halogens is 1. The molecule has 2 atom stereocenters. The zero-order chi connectivity index (χ0) is 15.9. The standard InChI is InChI=1S/C15H19FN2O3S/c1-22(20,21)18-13-5-6-14(18)9-12(8-13)17-15(19)10-3-2-4-11(16)7-10/h2-4,7,12-14H,5-6,8-9H2,1H3,(H,17,19). The summed E-state index contributed by atoms with van der Waals surface area (Å²) in [7, 11) is -3.20. The molecule has 2 bridgehead atoms. The summed E-state index contributed by atoms with van der Waals surface area (Å²) in [6.45, 7) is 0. The summed E-state index contributed by atoms with van der Waals surface area (Å²) in [5.41, 5.74) is 0.290. The average Bonchev–Trinajstić information content (AvgIpc) is 2.71. The highest BCUT2D eigenvalue weighted by atomic mass is 32.2. The smallest absolute Gasteiger partial charge is 0.251 e. The molecule has 7 heteroatoms. The van der Waals surface area contributed by atoms with Gasteiger partial charge in [0.05, 0.1) is 6.26 Å². The van der Waals surface area contributed by atoms with E-state index in [1.807, 2.05) is 0 Å². The Morgan fingerprint density at radius 1 is 1.27 bits per heavy atom. The molecular formula is C15H19FN2O3S. The summed E-state index contributed by atoms with van der Waals surface area (Å²) in [6.07, 6.45) is 4.15. The maximum atomic E-state index is 13.2. The predicted octanol–water partition coefficient (Wildman–Crippen LogP) is 1.51. The van der Waals surface area contributed by atoms with E-state index in [1.165, 1.54) is 24.5 Å². The Hall–Kier alpha value is -1.47. The molecule has 0 aliphatic carbocycles. The number of nitrogens with zero attached hydrogens (tertiary/aromatic N) is 1. The summed E-state index contributed by atoms with van der Waals surface area (Å²) >= 11 is 0. The summed E-state index contributed by atoms with van der Waals surface area (Å²) in [6, 6.07) is 5.43. The molecule has 120 valence electrons. The monoisotopic (exact) mass is 326 g/mol. The molecule has 0 radical (unpaired) electrons. The van der Waals surface area contributed by atoms with Gasteiger partial charge in [0.25, 0.3) is 5.91 Å². The highest BCUT2D eigenvalue weighted by molar-refractivity contribution is 7.88. The van der Waals surface area contributed by atoms with Crippen LogP contribution in [0.15, 0.2) is 24.3 Å². The van der Waals surface area contributed by atoms with E-state index in [0.717, 1.165) is 12.8 Å². The van der Waals surface area contributed by atoms with Gasteiger partial charge in [-0.15, -0.1) is 0 Å². The van der Waals surface area contributed by atoms with Crippen molar-refractivity contribution in [2.75, 3.05) is 6.26 Å². The Balaban J connectivity index is 1.68. The zero-order valence-corrected chi connectivity index (χ0v) is 13.1. The number of carbonyl (C=O) groups is 1. The topological polar surface area (TPSA) is 66.5 Å². The highest BCUT2D eigenvalue weighted by Gasteiger charge is 2.45. The van der Waals surface area contributed by atoms with Crippen LogP contribution in [0.2, 0.25) is 0 Å². The first-order valence-electron chi connectivity index (χ1n) is 7.39. The number of fused-ring (bicyclic) bond motifs is 2. The molecule has 3 rings (SSSR count). The number of carbonyl (C=O) groups excluding carboxylic acids is 1. The van der Waals surface area contributed by atoms with Gasteiger partial charge in [0.15, 0.2) is 0 Å². The molecule has 0 saturated carbocycles. The molecule has 2 fully saturated rings. The van der Waals surface area contributed by atoms with Crippen LogP contribution in [0.25, 0.3) is 0 Å². The first kappa shape index (κ1) is 15.4. The Kier molecular flexibility index (Phi) is 3.94. The van der Waals surface area contributed by atoms with Crippen LogP contribution >= 0.6 is 0 Å². The van der Waals surface area contributed by atoms with E-state index in [-0.39, 0.29) is 29.6 Å². The van der Waals surface area contributed by atoms with Gasteiger partial charge in [-0.1, -0.05) is 6.07 Å². The number of piperidine rings is 1. The third kappa shape index (κ3) is 3.01. The van der Waals surface area contributed by atoms with Crippen LogP contribution in [-0.4, -0.2) is 43.0 Å². The van der Waals surface area contributed by atoms with Crippen LogP contribution in [0.5, 0.6) is 0 Å². The molecule has 5 nitrogen and oxygen atoms in total. The molecule has 2 aliphatic heterocycles. The first-order valence-corrected chi connectivity index (χ1v) is 9.24. The lowest BCUT2D eigenvalue weighted by atomic mass is 9.99. The highest BCUT2D eigenvalue weighted by Crippen LogP contribution is 2.37. The predicted molar refractivity (Wildman–Crippen MR) is 80.4 cm³/mol. The van der Waals surface area contributed by atoms with Crippen molar-refractivity contribution in [2.45, 2.75) is 43.8 Å². The molecule has 1 amide bonds. The SMILES string of the molecule is CS(=O)(=O)N1C2CCC1CC(NC(=O)c1cccc(F)c1)C2. The Bertz CT molecular complexity index is 678. The van der Waals surface area contributed by atoms with Gasteiger partial charge in [0, 0.05) is 23.7 Å². The number of rotatable bonds is 3. The van der Waals surface area contributed by atoms with Gasteiger partial charge in [-0.25, -0.2) is 12.8 Å². The van der Waals surface area contributed by atoms with Crippen LogP contribution in [0, 0.1) is 5.82 Å². The van der Waals surface area contributed by atoms with Crippen molar-refractivity contribution >= 4 is 15.9 Å². The van der Waals surface area contributed by atoms with Gasteiger partial charge in [-0.05, 0) is 43.9 Å². The number of nitrogens with one attached hydrogen (secondary N) is 1. The number of amides is 1. The first-order chi connectivity index (χ1) is 10.3. The molecule has 2 aliphatic rings. The van der Waals surface area contributed by atoms with Crippen LogP contribution in [0.1, 0.15) is 36.0 Å². The third-order valence-corrected chi connectivity index (χ3v) is 5.83. The lowest BCUT2D eigenvalue weighted by Crippen LogP contribution is -2.52. The number of benzene rings is 1. The second kappa shape index (κ2) is 5.62. The van der Waals surface area contributed by atoms with E-state index in [4.69, 9.17) is 0 Å². The fraction of sp³-hybridized carbons (Fsp3) is 0.533. The molecule has 22 heavy (non-hydrogen) atoms. The van der Waals surface area contributed by atoms with E-state index in [0.29, 0.717) is 12.8 Å². The minimum atomic E-state index is -3.20. The molecule has 0 aromatic heterocycles. The molecule has 2 saturated heterocycles. The van der Waals surface area contributed by atoms with Gasteiger partial charge >= 0.3 is 0 Å². The fourth-order valence-corrected chi connectivity index (χ4v) is 5.16. The van der Waals surface area contributed by atoms with Crippen molar-refractivity contribution < 1.29 is 17.6 Å². The Morgan fingerprint density at radius 3 is 2.45 bits per heavy atom. The van der Waals surface area contributed by atoms with Crippen molar-refractivity contribution in [3.63, 3.8) is 0 Å². The molecule has 1 aromatic carbocycles. The number of hydrogen-bond acceptors (Lipinski definition) is 3. The van der Waals surface area contributed by atoms with Crippen LogP contribution in [-0.2, 0) is 10.0 Å². The lowest BCUT2D eigenvalue weighted by molar-refractivity contribution is 0.0909. The number of sulfonamides is 1. The second-order valence-electron chi connectivity index (χ2n) is 6.13. The molecular weight excluding hydrogens is 307 g/mol. The van der Waals surface area contributed by atoms with Crippen LogP contribution in [0.3, 0.4) is 0 Å². The van der Waals surface area contributed by atoms with E-state index in [9.17, 15) is 17.6 Å².